The number of thioether (sulfide) groups is 1. The molecule has 6 heteroatoms. The van der Waals surface area contributed by atoms with E-state index >= 15 is 0 Å². The molecule has 0 saturated heterocycles. The molecule has 4 nitrogen and oxygen atoms in total. The second-order valence-corrected chi connectivity index (χ2v) is 6.53. The summed E-state index contributed by atoms with van der Waals surface area (Å²) in [5.41, 5.74) is 1.20. The molecule has 1 unspecified atom stereocenters. The summed E-state index contributed by atoms with van der Waals surface area (Å²) in [5.74, 6) is 0.831. The van der Waals surface area contributed by atoms with E-state index in [0.29, 0.717) is 17.5 Å². The highest BCUT2D eigenvalue weighted by Gasteiger charge is 2.09. The molecular formula is C16H23NO3S2. The Kier molecular flexibility index (Phi) is 8.92. The molecule has 0 amide bonds. The van der Waals surface area contributed by atoms with Gasteiger partial charge in [-0.3, -0.25) is 4.79 Å². The molecule has 122 valence electrons. The molecule has 0 aliphatic rings. The Morgan fingerprint density at radius 1 is 1.36 bits per heavy atom. The zero-order chi connectivity index (χ0) is 16.4. The highest BCUT2D eigenvalue weighted by molar-refractivity contribution is 8.23. The van der Waals surface area contributed by atoms with E-state index in [9.17, 15) is 4.79 Å². The molecule has 0 spiro atoms. The summed E-state index contributed by atoms with van der Waals surface area (Å²) in [4.78, 5) is 11.5. The van der Waals surface area contributed by atoms with E-state index in [-0.39, 0.29) is 17.8 Å². The number of hydrogen-bond acceptors (Lipinski definition) is 5. The largest absolute Gasteiger partial charge is 0.492 e. The van der Waals surface area contributed by atoms with Gasteiger partial charge in [0.15, 0.2) is 0 Å². The van der Waals surface area contributed by atoms with E-state index in [1.165, 1.54) is 17.3 Å². The summed E-state index contributed by atoms with van der Waals surface area (Å²) in [7, 11) is 0. The number of esters is 1. The molecule has 0 saturated carbocycles. The van der Waals surface area contributed by atoms with Crippen molar-refractivity contribution in [1.29, 1.82) is 0 Å². The molecule has 1 rings (SSSR count). The fourth-order valence-electron chi connectivity index (χ4n) is 1.47. The van der Waals surface area contributed by atoms with E-state index in [2.05, 4.69) is 5.32 Å². The Bertz CT molecular complexity index is 477. The Balaban J connectivity index is 2.10. The van der Waals surface area contributed by atoms with Crippen molar-refractivity contribution in [3.8, 4) is 5.75 Å². The topological polar surface area (TPSA) is 47.6 Å². The fourth-order valence-corrected chi connectivity index (χ4v) is 2.27. The van der Waals surface area contributed by atoms with Crippen LogP contribution in [0.5, 0.6) is 5.75 Å². The van der Waals surface area contributed by atoms with Gasteiger partial charge in [0, 0.05) is 0 Å². The van der Waals surface area contributed by atoms with Crippen molar-refractivity contribution in [2.45, 2.75) is 33.3 Å². The van der Waals surface area contributed by atoms with Gasteiger partial charge in [-0.2, -0.15) is 0 Å². The van der Waals surface area contributed by atoms with Gasteiger partial charge in [0.25, 0.3) is 0 Å². The second kappa shape index (κ2) is 10.5. The van der Waals surface area contributed by atoms with Crippen molar-refractivity contribution >= 4 is 34.3 Å². The Morgan fingerprint density at radius 2 is 2.05 bits per heavy atom. The van der Waals surface area contributed by atoms with Crippen LogP contribution in [0.1, 0.15) is 25.8 Å². The van der Waals surface area contributed by atoms with Crippen molar-refractivity contribution in [3.63, 3.8) is 0 Å². The van der Waals surface area contributed by atoms with Crippen molar-refractivity contribution in [3.05, 3.63) is 29.8 Å². The van der Waals surface area contributed by atoms with Crippen LogP contribution in [0.3, 0.4) is 0 Å². The maximum absolute atomic E-state index is 11.5. The first kappa shape index (κ1) is 18.8. The third kappa shape index (κ3) is 8.24. The molecule has 0 aliphatic carbocycles. The fraction of sp³-hybridized carbons (Fsp3) is 0.500. The minimum absolute atomic E-state index is 0.0439. The van der Waals surface area contributed by atoms with E-state index in [0.717, 1.165) is 12.2 Å². The summed E-state index contributed by atoms with van der Waals surface area (Å²) in [6, 6.07) is 7.89. The van der Waals surface area contributed by atoms with Crippen molar-refractivity contribution in [2.75, 3.05) is 18.9 Å². The standard InChI is InChI=1S/C16H23NO3S2/c1-4-13(3)20-15(18)11-22-16(21)17-9-10-19-14-7-5-12(2)6-8-14/h5-8,13H,4,9-11H2,1-3H3,(H,17,21). The van der Waals surface area contributed by atoms with Gasteiger partial charge >= 0.3 is 5.97 Å². The number of nitrogens with one attached hydrogen (secondary N) is 1. The third-order valence-electron chi connectivity index (χ3n) is 2.89. The van der Waals surface area contributed by atoms with Crippen LogP contribution in [0, 0.1) is 6.92 Å². The molecule has 0 aromatic heterocycles. The molecule has 0 bridgehead atoms. The molecule has 0 fully saturated rings. The summed E-state index contributed by atoms with van der Waals surface area (Å²) in [6.07, 6.45) is 0.771. The van der Waals surface area contributed by atoms with Crippen LogP contribution >= 0.6 is 24.0 Å². The molecule has 1 N–H and O–H groups in total. The van der Waals surface area contributed by atoms with Gasteiger partial charge in [0.2, 0.25) is 0 Å². The number of ether oxygens (including phenoxy) is 2. The first-order chi connectivity index (χ1) is 10.5. The van der Waals surface area contributed by atoms with Crippen molar-refractivity contribution in [2.24, 2.45) is 0 Å². The lowest BCUT2D eigenvalue weighted by Crippen LogP contribution is -2.26. The van der Waals surface area contributed by atoms with Crippen LogP contribution in [0.25, 0.3) is 0 Å². The SMILES string of the molecule is CCC(C)OC(=O)CSC(=S)NCCOc1ccc(C)cc1. The quantitative estimate of drug-likeness (QED) is 0.445. The van der Waals surface area contributed by atoms with Gasteiger partial charge in [-0.05, 0) is 32.4 Å². The van der Waals surface area contributed by atoms with Crippen LogP contribution in [0.2, 0.25) is 0 Å². The van der Waals surface area contributed by atoms with E-state index in [4.69, 9.17) is 21.7 Å². The first-order valence-corrected chi connectivity index (χ1v) is 8.70. The lowest BCUT2D eigenvalue weighted by Gasteiger charge is -2.11. The maximum atomic E-state index is 11.5. The number of rotatable bonds is 8. The molecule has 0 radical (unpaired) electrons. The number of carbonyl (C=O) groups is 1. The van der Waals surface area contributed by atoms with Gasteiger partial charge in [0.05, 0.1) is 18.4 Å². The van der Waals surface area contributed by atoms with Gasteiger partial charge in [0.1, 0.15) is 16.7 Å². The molecule has 1 aromatic carbocycles. The van der Waals surface area contributed by atoms with Gasteiger partial charge < -0.3 is 14.8 Å². The van der Waals surface area contributed by atoms with E-state index in [1.54, 1.807) is 0 Å². The Morgan fingerprint density at radius 3 is 2.68 bits per heavy atom. The Hall–Kier alpha value is -1.27. The predicted octanol–water partition coefficient (Wildman–Crippen LogP) is 3.32. The molecular weight excluding hydrogens is 318 g/mol. The highest BCUT2D eigenvalue weighted by atomic mass is 32.2. The average molecular weight is 341 g/mol. The molecule has 1 atom stereocenters. The average Bonchev–Trinajstić information content (AvgIpc) is 2.51. The van der Waals surface area contributed by atoms with E-state index in [1.807, 2.05) is 45.0 Å². The van der Waals surface area contributed by atoms with Gasteiger partial charge in [-0.15, -0.1) is 0 Å². The zero-order valence-electron chi connectivity index (χ0n) is 13.3. The predicted molar refractivity (Wildman–Crippen MR) is 95.6 cm³/mol. The molecule has 0 aliphatic heterocycles. The number of hydrogen-bond donors (Lipinski definition) is 1. The van der Waals surface area contributed by atoms with Crippen molar-refractivity contribution < 1.29 is 14.3 Å². The number of carbonyl (C=O) groups excluding carboxylic acids is 1. The summed E-state index contributed by atoms with van der Waals surface area (Å²) in [5, 5.41) is 3.05. The second-order valence-electron chi connectivity index (χ2n) is 4.87. The number of aryl methyl sites for hydroxylation is 1. The van der Waals surface area contributed by atoms with Crippen molar-refractivity contribution in [1.82, 2.24) is 5.32 Å². The van der Waals surface area contributed by atoms with Gasteiger partial charge in [-0.1, -0.05) is 48.6 Å². The van der Waals surface area contributed by atoms with Crippen LogP contribution in [0.4, 0.5) is 0 Å². The minimum Gasteiger partial charge on any atom is -0.492 e. The number of thiocarbonyl (C=S) groups is 1. The monoisotopic (exact) mass is 341 g/mol. The molecule has 22 heavy (non-hydrogen) atoms. The first-order valence-electron chi connectivity index (χ1n) is 7.30. The van der Waals surface area contributed by atoms with Crippen LogP contribution in [-0.4, -0.2) is 35.3 Å². The summed E-state index contributed by atoms with van der Waals surface area (Å²) >= 11 is 6.43. The minimum atomic E-state index is -0.237. The lowest BCUT2D eigenvalue weighted by molar-refractivity contribution is -0.144. The van der Waals surface area contributed by atoms with Crippen LogP contribution in [0.15, 0.2) is 24.3 Å². The molecule has 1 aromatic rings. The van der Waals surface area contributed by atoms with Gasteiger partial charge in [-0.25, -0.2) is 0 Å². The normalized spacial score (nSPS) is 11.6. The zero-order valence-corrected chi connectivity index (χ0v) is 14.9. The summed E-state index contributed by atoms with van der Waals surface area (Å²) in [6.45, 7) is 7.00. The lowest BCUT2D eigenvalue weighted by atomic mass is 10.2. The third-order valence-corrected chi connectivity index (χ3v) is 4.17. The molecule has 0 heterocycles. The smallest absolute Gasteiger partial charge is 0.316 e. The van der Waals surface area contributed by atoms with Crippen LogP contribution in [-0.2, 0) is 9.53 Å². The van der Waals surface area contributed by atoms with Crippen LogP contribution < -0.4 is 10.1 Å². The summed E-state index contributed by atoms with van der Waals surface area (Å²) < 4.78 is 11.3. The highest BCUT2D eigenvalue weighted by Crippen LogP contribution is 2.11. The maximum Gasteiger partial charge on any atom is 0.316 e. The number of benzene rings is 1. The van der Waals surface area contributed by atoms with E-state index < -0.39 is 0 Å². The Labute approximate surface area is 142 Å².